The molecule has 0 saturated heterocycles. The minimum atomic E-state index is 0.379. The van der Waals surface area contributed by atoms with Crippen molar-refractivity contribution in [2.24, 2.45) is 16.7 Å². The van der Waals surface area contributed by atoms with E-state index in [1.165, 1.54) is 43.5 Å². The van der Waals surface area contributed by atoms with E-state index in [0.29, 0.717) is 16.2 Å². The van der Waals surface area contributed by atoms with E-state index in [1.54, 1.807) is 11.5 Å². The van der Waals surface area contributed by atoms with Crippen molar-refractivity contribution in [2.45, 2.75) is 57.8 Å². The third-order valence-corrected chi connectivity index (χ3v) is 7.25. The Hall–Kier alpha value is 0.290. The molecule has 4 aliphatic carbocycles. The van der Waals surface area contributed by atoms with Gasteiger partial charge in [0.15, 0.2) is 0 Å². The van der Waals surface area contributed by atoms with Crippen molar-refractivity contribution >= 4 is 34.1 Å². The Kier molecular flexibility index (Phi) is 2.33. The summed E-state index contributed by atoms with van der Waals surface area (Å²) in [7, 11) is 0. The van der Waals surface area contributed by atoms with E-state index in [0.717, 1.165) is 9.75 Å². The van der Waals surface area contributed by atoms with Crippen molar-refractivity contribution in [3.8, 4) is 0 Å². The molecule has 1 aromatic heterocycles. The normalized spacial score (nSPS) is 49.8. The smallest absolute Gasteiger partial charge is 0.203 e. The topological polar surface area (TPSA) is 25.8 Å². The van der Waals surface area contributed by atoms with Crippen molar-refractivity contribution < 1.29 is 0 Å². The highest BCUT2D eigenvalue weighted by atomic mass is 127. The molecule has 0 amide bonds. The zero-order valence-electron chi connectivity index (χ0n) is 11.0. The number of rotatable bonds is 1. The molecule has 1 heterocycles. The molecule has 4 saturated carbocycles. The van der Waals surface area contributed by atoms with Crippen LogP contribution in [-0.4, -0.2) is 9.36 Å². The highest BCUT2D eigenvalue weighted by molar-refractivity contribution is 14.1. The summed E-state index contributed by atoms with van der Waals surface area (Å²) in [6.07, 6.45) is 8.45. The van der Waals surface area contributed by atoms with Gasteiger partial charge in [-0.15, -0.1) is 0 Å². The fraction of sp³-hybridized carbons (Fsp3) is 0.857. The standard InChI is InChI=1S/C14H19IN2S/c1-12-3-9-4-13(2,6-12)8-14(5-9,7-12)10-16-11(15)17-18-10/h9H,3-8H2,1-2H3. The largest absolute Gasteiger partial charge is 0.214 e. The molecule has 4 bridgehead atoms. The first-order valence-corrected chi connectivity index (χ1v) is 8.76. The quantitative estimate of drug-likeness (QED) is 0.682. The Labute approximate surface area is 126 Å². The molecule has 0 N–H and O–H groups in total. The average molecular weight is 374 g/mol. The first-order chi connectivity index (χ1) is 8.41. The number of hydrogen-bond acceptors (Lipinski definition) is 3. The highest BCUT2D eigenvalue weighted by Gasteiger charge is 2.61. The van der Waals surface area contributed by atoms with Crippen LogP contribution in [0.25, 0.3) is 0 Å². The first kappa shape index (κ1) is 12.1. The van der Waals surface area contributed by atoms with Crippen molar-refractivity contribution in [1.29, 1.82) is 0 Å². The Morgan fingerprint density at radius 2 is 1.78 bits per heavy atom. The van der Waals surface area contributed by atoms with Gasteiger partial charge < -0.3 is 0 Å². The molecular formula is C14H19IN2S. The molecule has 4 aliphatic rings. The lowest BCUT2D eigenvalue weighted by Gasteiger charge is -2.64. The Morgan fingerprint density at radius 1 is 1.11 bits per heavy atom. The first-order valence-electron chi connectivity index (χ1n) is 6.90. The lowest BCUT2D eigenvalue weighted by Crippen LogP contribution is -2.56. The summed E-state index contributed by atoms with van der Waals surface area (Å²) in [6.45, 7) is 5.05. The van der Waals surface area contributed by atoms with Crippen molar-refractivity contribution in [1.82, 2.24) is 9.36 Å². The van der Waals surface area contributed by atoms with Gasteiger partial charge in [0.2, 0.25) is 3.83 Å². The Bertz CT molecular complexity index is 494. The van der Waals surface area contributed by atoms with E-state index in [2.05, 4.69) is 40.8 Å². The average Bonchev–Trinajstić information content (AvgIpc) is 2.59. The lowest BCUT2D eigenvalue weighted by atomic mass is 9.40. The van der Waals surface area contributed by atoms with Crippen LogP contribution in [0.1, 0.15) is 57.4 Å². The third-order valence-electron chi connectivity index (χ3n) is 5.48. The van der Waals surface area contributed by atoms with Crippen LogP contribution in [0.2, 0.25) is 0 Å². The maximum atomic E-state index is 4.76. The number of aromatic nitrogens is 2. The fourth-order valence-corrected chi connectivity index (χ4v) is 7.56. The molecule has 4 heteroatoms. The van der Waals surface area contributed by atoms with Crippen LogP contribution in [0.15, 0.2) is 0 Å². The minimum Gasteiger partial charge on any atom is -0.214 e. The highest BCUT2D eigenvalue weighted by Crippen LogP contribution is 2.69. The summed E-state index contributed by atoms with van der Waals surface area (Å²) in [6, 6.07) is 0. The van der Waals surface area contributed by atoms with Crippen molar-refractivity contribution in [3.63, 3.8) is 0 Å². The summed E-state index contributed by atoms with van der Waals surface area (Å²) >= 11 is 3.92. The van der Waals surface area contributed by atoms with Gasteiger partial charge in [-0.05, 0) is 66.8 Å². The minimum absolute atomic E-state index is 0.379. The van der Waals surface area contributed by atoms with Crippen molar-refractivity contribution in [3.05, 3.63) is 8.84 Å². The molecule has 2 atom stereocenters. The molecular weight excluding hydrogens is 355 g/mol. The van der Waals surface area contributed by atoms with Gasteiger partial charge >= 0.3 is 0 Å². The van der Waals surface area contributed by atoms with E-state index >= 15 is 0 Å². The van der Waals surface area contributed by atoms with E-state index < -0.39 is 0 Å². The monoisotopic (exact) mass is 374 g/mol. The molecule has 0 aliphatic heterocycles. The second-order valence-corrected chi connectivity index (χ2v) is 9.50. The number of hydrogen-bond donors (Lipinski definition) is 0. The molecule has 0 spiro atoms. The summed E-state index contributed by atoms with van der Waals surface area (Å²) in [4.78, 5) is 4.76. The summed E-state index contributed by atoms with van der Waals surface area (Å²) < 4.78 is 5.38. The van der Waals surface area contributed by atoms with E-state index in [1.807, 2.05) is 0 Å². The lowest BCUT2D eigenvalue weighted by molar-refractivity contribution is -0.110. The molecule has 4 fully saturated rings. The predicted octanol–water partition coefficient (Wildman–Crippen LogP) is 4.39. The van der Waals surface area contributed by atoms with E-state index in [-0.39, 0.29) is 0 Å². The molecule has 2 unspecified atom stereocenters. The Morgan fingerprint density at radius 3 is 2.28 bits per heavy atom. The third kappa shape index (κ3) is 1.63. The fourth-order valence-electron chi connectivity index (χ4n) is 6.11. The van der Waals surface area contributed by atoms with Gasteiger partial charge in [-0.2, -0.15) is 4.37 Å². The van der Waals surface area contributed by atoms with Gasteiger partial charge in [0.1, 0.15) is 5.01 Å². The van der Waals surface area contributed by atoms with E-state index in [4.69, 9.17) is 4.98 Å². The molecule has 98 valence electrons. The SMILES string of the molecule is CC12CC3CC(C)(C1)CC(c1nc(I)ns1)(C3)C2. The molecule has 1 aromatic rings. The van der Waals surface area contributed by atoms with Crippen LogP contribution in [0.5, 0.6) is 0 Å². The van der Waals surface area contributed by atoms with Crippen LogP contribution in [0.4, 0.5) is 0 Å². The van der Waals surface area contributed by atoms with Crippen LogP contribution < -0.4 is 0 Å². The maximum absolute atomic E-state index is 4.76. The van der Waals surface area contributed by atoms with Gasteiger partial charge in [-0.25, -0.2) is 4.98 Å². The summed E-state index contributed by atoms with van der Waals surface area (Å²) in [5.41, 5.74) is 1.53. The van der Waals surface area contributed by atoms with Gasteiger partial charge in [0.05, 0.1) is 0 Å². The molecule has 2 nitrogen and oxygen atoms in total. The second-order valence-electron chi connectivity index (χ2n) is 7.78. The van der Waals surface area contributed by atoms with Crippen LogP contribution >= 0.6 is 34.1 Å². The van der Waals surface area contributed by atoms with Crippen LogP contribution in [0, 0.1) is 20.6 Å². The summed E-state index contributed by atoms with van der Waals surface area (Å²) in [5.74, 6) is 0.942. The van der Waals surface area contributed by atoms with Gasteiger partial charge in [-0.1, -0.05) is 13.8 Å². The summed E-state index contributed by atoms with van der Waals surface area (Å²) in [5, 5.41) is 1.34. The molecule has 0 radical (unpaired) electrons. The Balaban J connectivity index is 1.82. The zero-order chi connectivity index (χ0) is 12.6. The molecule has 18 heavy (non-hydrogen) atoms. The second kappa shape index (κ2) is 3.48. The predicted molar refractivity (Wildman–Crippen MR) is 81.7 cm³/mol. The van der Waals surface area contributed by atoms with Gasteiger partial charge in [0, 0.05) is 28.0 Å². The molecule has 0 aromatic carbocycles. The maximum Gasteiger partial charge on any atom is 0.203 e. The van der Waals surface area contributed by atoms with E-state index in [9.17, 15) is 0 Å². The van der Waals surface area contributed by atoms with Gasteiger partial charge in [0.25, 0.3) is 0 Å². The number of nitrogens with zero attached hydrogens (tertiary/aromatic N) is 2. The molecule has 5 rings (SSSR count). The van der Waals surface area contributed by atoms with Crippen LogP contribution in [-0.2, 0) is 5.41 Å². The van der Waals surface area contributed by atoms with Crippen LogP contribution in [0.3, 0.4) is 0 Å². The van der Waals surface area contributed by atoms with Gasteiger partial charge in [-0.3, -0.25) is 0 Å². The van der Waals surface area contributed by atoms with Crippen molar-refractivity contribution in [2.75, 3.05) is 0 Å². The number of halogens is 1. The zero-order valence-corrected chi connectivity index (χ0v) is 14.0.